The van der Waals surface area contributed by atoms with Crippen LogP contribution in [-0.2, 0) is 14.3 Å². The van der Waals surface area contributed by atoms with Crippen LogP contribution in [0.4, 0.5) is 4.79 Å². The van der Waals surface area contributed by atoms with E-state index in [0.717, 1.165) is 19.3 Å². The Morgan fingerprint density at radius 1 is 1.21 bits per heavy atom. The first-order chi connectivity index (χ1) is 11.2. The molecule has 1 saturated carbocycles. The second-order valence-electron chi connectivity index (χ2n) is 7.67. The summed E-state index contributed by atoms with van der Waals surface area (Å²) in [5.41, 5.74) is 5.64. The smallest absolute Gasteiger partial charge is 0.407 e. The van der Waals surface area contributed by atoms with Gasteiger partial charge in [-0.05, 0) is 40.0 Å². The summed E-state index contributed by atoms with van der Waals surface area (Å²) in [7, 11) is 0. The third kappa shape index (κ3) is 8.52. The molecule has 140 valence electrons. The number of ether oxygens (including phenoxy) is 2. The minimum absolute atomic E-state index is 0.0982. The molecule has 0 aromatic carbocycles. The summed E-state index contributed by atoms with van der Waals surface area (Å²) in [5, 5.41) is 2.87. The summed E-state index contributed by atoms with van der Waals surface area (Å²) in [6.07, 6.45) is 6.41. The Kier molecular flexibility index (Phi) is 8.53. The summed E-state index contributed by atoms with van der Waals surface area (Å²) >= 11 is 0. The van der Waals surface area contributed by atoms with Gasteiger partial charge in [-0.25, -0.2) is 4.79 Å². The summed E-state index contributed by atoms with van der Waals surface area (Å²) < 4.78 is 10.3. The molecule has 0 aromatic rings. The minimum Gasteiger partial charge on any atom is -0.466 e. The fraction of sp³-hybridized carbons (Fsp3) is 0.889. The molecule has 6 nitrogen and oxygen atoms in total. The highest BCUT2D eigenvalue weighted by Gasteiger charge is 2.28. The largest absolute Gasteiger partial charge is 0.466 e. The van der Waals surface area contributed by atoms with E-state index in [0.29, 0.717) is 12.5 Å². The van der Waals surface area contributed by atoms with Crippen molar-refractivity contribution < 1.29 is 19.1 Å². The van der Waals surface area contributed by atoms with Gasteiger partial charge >= 0.3 is 12.1 Å². The Morgan fingerprint density at radius 3 is 2.38 bits per heavy atom. The number of nitrogens with one attached hydrogen (secondary N) is 1. The van der Waals surface area contributed by atoms with E-state index in [-0.39, 0.29) is 18.4 Å². The average molecular weight is 342 g/mol. The number of carbonyl (C=O) groups is 2. The molecule has 0 radical (unpaired) electrons. The minimum atomic E-state index is -0.565. The van der Waals surface area contributed by atoms with Gasteiger partial charge in [0, 0.05) is 12.1 Å². The molecule has 0 saturated heterocycles. The standard InChI is InChI=1S/C18H34N2O4/c1-5-23-16(21)12-14(19)15(11-13-9-7-6-8-10-13)20-17(22)24-18(2,3)4/h13-15H,5-12,19H2,1-4H3,(H,20,22)/t14?,15-/m0/s1. The number of nitrogens with two attached hydrogens (primary N) is 1. The van der Waals surface area contributed by atoms with Crippen molar-refractivity contribution in [2.75, 3.05) is 6.61 Å². The Bertz CT molecular complexity index is 400. The highest BCUT2D eigenvalue weighted by molar-refractivity contribution is 5.71. The van der Waals surface area contributed by atoms with Crippen LogP contribution in [0.3, 0.4) is 0 Å². The lowest BCUT2D eigenvalue weighted by molar-refractivity contribution is -0.143. The second kappa shape index (κ2) is 9.87. The van der Waals surface area contributed by atoms with Crippen molar-refractivity contribution in [2.24, 2.45) is 11.7 Å². The fourth-order valence-corrected chi connectivity index (χ4v) is 3.14. The van der Waals surface area contributed by atoms with E-state index in [1.54, 1.807) is 6.92 Å². The molecule has 2 atom stereocenters. The van der Waals surface area contributed by atoms with Gasteiger partial charge in [-0.15, -0.1) is 0 Å². The maximum Gasteiger partial charge on any atom is 0.407 e. The van der Waals surface area contributed by atoms with Gasteiger partial charge in [-0.1, -0.05) is 32.1 Å². The number of rotatable bonds is 7. The number of alkyl carbamates (subject to hydrolysis) is 1. The molecular formula is C18H34N2O4. The van der Waals surface area contributed by atoms with Gasteiger partial charge in [0.25, 0.3) is 0 Å². The molecule has 0 aliphatic heterocycles. The van der Waals surface area contributed by atoms with Crippen LogP contribution >= 0.6 is 0 Å². The first-order valence-corrected chi connectivity index (χ1v) is 9.12. The Balaban J connectivity index is 2.66. The van der Waals surface area contributed by atoms with E-state index in [1.165, 1.54) is 19.3 Å². The molecule has 0 spiro atoms. The molecular weight excluding hydrogens is 308 g/mol. The lowest BCUT2D eigenvalue weighted by atomic mass is 9.83. The van der Waals surface area contributed by atoms with E-state index in [1.807, 2.05) is 20.8 Å². The predicted octanol–water partition coefficient (Wildman–Crippen LogP) is 3.13. The molecule has 1 aliphatic rings. The van der Waals surface area contributed by atoms with Crippen molar-refractivity contribution in [3.05, 3.63) is 0 Å². The third-order valence-corrected chi connectivity index (χ3v) is 4.24. The molecule has 0 heterocycles. The molecule has 1 rings (SSSR count). The molecule has 1 aliphatic carbocycles. The van der Waals surface area contributed by atoms with Crippen LogP contribution in [0.25, 0.3) is 0 Å². The van der Waals surface area contributed by atoms with Gasteiger partial charge in [0.1, 0.15) is 5.60 Å². The normalized spacial score (nSPS) is 18.5. The van der Waals surface area contributed by atoms with Crippen molar-refractivity contribution in [1.29, 1.82) is 0 Å². The number of hydrogen-bond acceptors (Lipinski definition) is 5. The Hall–Kier alpha value is -1.30. The van der Waals surface area contributed by atoms with E-state index in [2.05, 4.69) is 5.32 Å². The zero-order chi connectivity index (χ0) is 18.2. The molecule has 1 unspecified atom stereocenters. The molecule has 0 aromatic heterocycles. The van der Waals surface area contributed by atoms with Crippen molar-refractivity contribution in [3.8, 4) is 0 Å². The van der Waals surface area contributed by atoms with Gasteiger partial charge in [0.2, 0.25) is 0 Å². The van der Waals surface area contributed by atoms with Crippen molar-refractivity contribution in [3.63, 3.8) is 0 Å². The van der Waals surface area contributed by atoms with Crippen LogP contribution < -0.4 is 11.1 Å². The van der Waals surface area contributed by atoms with Gasteiger partial charge < -0.3 is 20.5 Å². The van der Waals surface area contributed by atoms with Crippen molar-refractivity contribution >= 4 is 12.1 Å². The van der Waals surface area contributed by atoms with Gasteiger partial charge in [0.05, 0.1) is 13.0 Å². The quantitative estimate of drug-likeness (QED) is 0.694. The van der Waals surface area contributed by atoms with E-state index >= 15 is 0 Å². The van der Waals surface area contributed by atoms with Gasteiger partial charge in [-0.3, -0.25) is 4.79 Å². The average Bonchev–Trinajstić information content (AvgIpc) is 2.45. The maximum absolute atomic E-state index is 12.1. The zero-order valence-corrected chi connectivity index (χ0v) is 15.6. The van der Waals surface area contributed by atoms with Gasteiger partial charge in [0.15, 0.2) is 0 Å². The lowest BCUT2D eigenvalue weighted by Gasteiger charge is -2.31. The summed E-state index contributed by atoms with van der Waals surface area (Å²) in [6, 6.07) is -0.758. The van der Waals surface area contributed by atoms with Crippen LogP contribution in [0, 0.1) is 5.92 Å². The highest BCUT2D eigenvalue weighted by atomic mass is 16.6. The first-order valence-electron chi connectivity index (χ1n) is 9.12. The molecule has 1 amide bonds. The van der Waals surface area contributed by atoms with E-state index in [4.69, 9.17) is 15.2 Å². The van der Waals surface area contributed by atoms with Crippen LogP contribution in [0.5, 0.6) is 0 Å². The predicted molar refractivity (Wildman–Crippen MR) is 93.6 cm³/mol. The van der Waals surface area contributed by atoms with Crippen LogP contribution in [0.15, 0.2) is 0 Å². The van der Waals surface area contributed by atoms with Crippen molar-refractivity contribution in [2.45, 2.75) is 90.3 Å². The van der Waals surface area contributed by atoms with Crippen LogP contribution in [0.1, 0.15) is 72.6 Å². The number of amides is 1. The highest BCUT2D eigenvalue weighted by Crippen LogP contribution is 2.28. The topological polar surface area (TPSA) is 90.6 Å². The number of esters is 1. The van der Waals surface area contributed by atoms with Crippen LogP contribution in [0.2, 0.25) is 0 Å². The SMILES string of the molecule is CCOC(=O)CC(N)[C@H](CC1CCCCC1)NC(=O)OC(C)(C)C. The Labute approximate surface area is 145 Å². The molecule has 1 fully saturated rings. The molecule has 6 heteroatoms. The monoisotopic (exact) mass is 342 g/mol. The second-order valence-corrected chi connectivity index (χ2v) is 7.67. The molecule has 0 bridgehead atoms. The summed E-state index contributed by atoms with van der Waals surface area (Å²) in [5.74, 6) is 0.205. The Morgan fingerprint density at radius 2 is 1.83 bits per heavy atom. The van der Waals surface area contributed by atoms with Gasteiger partial charge in [-0.2, -0.15) is 0 Å². The van der Waals surface area contributed by atoms with E-state index in [9.17, 15) is 9.59 Å². The maximum atomic E-state index is 12.1. The zero-order valence-electron chi connectivity index (χ0n) is 15.6. The third-order valence-electron chi connectivity index (χ3n) is 4.24. The lowest BCUT2D eigenvalue weighted by Crippen LogP contribution is -2.50. The number of hydrogen-bond donors (Lipinski definition) is 2. The van der Waals surface area contributed by atoms with Crippen LogP contribution in [-0.4, -0.2) is 36.4 Å². The number of carbonyl (C=O) groups excluding carboxylic acids is 2. The summed E-state index contributed by atoms with van der Waals surface area (Å²) in [6.45, 7) is 7.56. The van der Waals surface area contributed by atoms with E-state index < -0.39 is 17.7 Å². The first kappa shape index (κ1) is 20.7. The molecule has 24 heavy (non-hydrogen) atoms. The molecule has 3 N–H and O–H groups in total. The summed E-state index contributed by atoms with van der Waals surface area (Å²) in [4.78, 5) is 23.8. The fourth-order valence-electron chi connectivity index (χ4n) is 3.14. The van der Waals surface area contributed by atoms with Crippen molar-refractivity contribution in [1.82, 2.24) is 5.32 Å².